The number of hydrogen-bond donors (Lipinski definition) is 0. The van der Waals surface area contributed by atoms with Crippen molar-refractivity contribution in [1.82, 2.24) is 4.90 Å². The third-order valence-electron chi connectivity index (χ3n) is 2.87. The minimum atomic E-state index is -0.619. The smallest absolute Gasteiger partial charge is 0.223 e. The molecule has 0 aliphatic carbocycles. The van der Waals surface area contributed by atoms with Gasteiger partial charge in [-0.25, -0.2) is 8.78 Å². The van der Waals surface area contributed by atoms with E-state index < -0.39 is 11.6 Å². The number of nitrogens with zero attached hydrogens (tertiary/aromatic N) is 1. The molecule has 17 heavy (non-hydrogen) atoms. The first kappa shape index (κ1) is 11.8. The Morgan fingerprint density at radius 1 is 1.35 bits per heavy atom. The summed E-state index contributed by atoms with van der Waals surface area (Å²) in [5, 5.41) is 0. The van der Waals surface area contributed by atoms with E-state index in [0.717, 1.165) is 6.07 Å². The van der Waals surface area contributed by atoms with E-state index in [1.165, 1.54) is 12.1 Å². The molecule has 1 atom stereocenters. The maximum atomic E-state index is 13.0. The molecular formula is C13H13F2NO. The van der Waals surface area contributed by atoms with Crippen LogP contribution in [-0.4, -0.2) is 17.4 Å². The third kappa shape index (κ3) is 2.70. The molecule has 4 heteroatoms. The number of carbonyl (C=O) groups is 1. The average Bonchev–Trinajstić information content (AvgIpc) is 2.58. The molecule has 1 fully saturated rings. The van der Waals surface area contributed by atoms with E-state index in [0.29, 0.717) is 18.5 Å². The minimum absolute atomic E-state index is 0.000399. The molecule has 1 aliphatic heterocycles. The van der Waals surface area contributed by atoms with Gasteiger partial charge in [0.05, 0.1) is 0 Å². The zero-order chi connectivity index (χ0) is 12.4. The van der Waals surface area contributed by atoms with Gasteiger partial charge in [-0.2, -0.15) is 0 Å². The van der Waals surface area contributed by atoms with Crippen LogP contribution < -0.4 is 0 Å². The highest BCUT2D eigenvalue weighted by Crippen LogP contribution is 2.21. The standard InChI is InChI=1S/C13H13F2NO/c1-2-9-5-13(17)16(7-9)8-10-3-11(14)6-12(15)4-10/h2-4,6,9H,1,5,7-8H2. The van der Waals surface area contributed by atoms with Gasteiger partial charge >= 0.3 is 0 Å². The number of hydrogen-bond acceptors (Lipinski definition) is 1. The van der Waals surface area contributed by atoms with Crippen molar-refractivity contribution in [3.8, 4) is 0 Å². The molecule has 1 amide bonds. The van der Waals surface area contributed by atoms with Crippen LogP contribution in [0.1, 0.15) is 12.0 Å². The highest BCUT2D eigenvalue weighted by molar-refractivity contribution is 5.78. The van der Waals surface area contributed by atoms with Gasteiger partial charge in [0.2, 0.25) is 5.91 Å². The largest absolute Gasteiger partial charge is 0.338 e. The second-order valence-corrected chi connectivity index (χ2v) is 4.25. The highest BCUT2D eigenvalue weighted by atomic mass is 19.1. The van der Waals surface area contributed by atoms with Crippen molar-refractivity contribution in [3.63, 3.8) is 0 Å². The van der Waals surface area contributed by atoms with Crippen molar-refractivity contribution in [2.75, 3.05) is 6.54 Å². The lowest BCUT2D eigenvalue weighted by Crippen LogP contribution is -2.24. The maximum absolute atomic E-state index is 13.0. The van der Waals surface area contributed by atoms with Crippen molar-refractivity contribution in [3.05, 3.63) is 48.1 Å². The van der Waals surface area contributed by atoms with Gasteiger partial charge < -0.3 is 4.90 Å². The predicted octanol–water partition coefficient (Wildman–Crippen LogP) is 2.50. The van der Waals surface area contributed by atoms with Crippen molar-refractivity contribution < 1.29 is 13.6 Å². The zero-order valence-electron chi connectivity index (χ0n) is 9.33. The number of likely N-dealkylation sites (tertiary alicyclic amines) is 1. The number of carbonyl (C=O) groups excluding carboxylic acids is 1. The fourth-order valence-electron chi connectivity index (χ4n) is 2.04. The van der Waals surface area contributed by atoms with Gasteiger partial charge in [0.1, 0.15) is 11.6 Å². The summed E-state index contributed by atoms with van der Waals surface area (Å²) in [6, 6.07) is 3.32. The molecule has 1 aromatic rings. The lowest BCUT2D eigenvalue weighted by molar-refractivity contribution is -0.128. The van der Waals surface area contributed by atoms with Gasteiger partial charge in [-0.3, -0.25) is 4.79 Å². The predicted molar refractivity (Wildman–Crippen MR) is 60.1 cm³/mol. The van der Waals surface area contributed by atoms with Crippen molar-refractivity contribution in [2.24, 2.45) is 5.92 Å². The lowest BCUT2D eigenvalue weighted by atomic mass is 10.1. The Hall–Kier alpha value is -1.71. The molecule has 90 valence electrons. The zero-order valence-corrected chi connectivity index (χ0v) is 9.33. The maximum Gasteiger partial charge on any atom is 0.223 e. The summed E-state index contributed by atoms with van der Waals surface area (Å²) in [6.45, 7) is 4.47. The fourth-order valence-corrected chi connectivity index (χ4v) is 2.04. The Morgan fingerprint density at radius 2 is 2.00 bits per heavy atom. The van der Waals surface area contributed by atoms with Crippen LogP contribution in [0.4, 0.5) is 8.78 Å². The van der Waals surface area contributed by atoms with Crippen LogP contribution in [0.25, 0.3) is 0 Å². The molecule has 2 nitrogen and oxygen atoms in total. The summed E-state index contributed by atoms with van der Waals surface area (Å²) < 4.78 is 26.0. The summed E-state index contributed by atoms with van der Waals surface area (Å²) in [5.41, 5.74) is 0.473. The Bertz CT molecular complexity index is 438. The molecule has 1 aliphatic rings. The third-order valence-corrected chi connectivity index (χ3v) is 2.87. The van der Waals surface area contributed by atoms with Gasteiger partial charge in [0.25, 0.3) is 0 Å². The Balaban J connectivity index is 2.10. The van der Waals surface area contributed by atoms with Crippen LogP contribution >= 0.6 is 0 Å². The molecule has 1 heterocycles. The second-order valence-electron chi connectivity index (χ2n) is 4.25. The van der Waals surface area contributed by atoms with Gasteiger partial charge in [-0.15, -0.1) is 6.58 Å². The monoisotopic (exact) mass is 237 g/mol. The molecule has 0 radical (unpaired) electrons. The van der Waals surface area contributed by atoms with Crippen LogP contribution in [0.2, 0.25) is 0 Å². The van der Waals surface area contributed by atoms with Crippen LogP contribution in [-0.2, 0) is 11.3 Å². The Labute approximate surface area is 98.5 Å². The van der Waals surface area contributed by atoms with Gasteiger partial charge in [-0.1, -0.05) is 6.08 Å². The van der Waals surface area contributed by atoms with Crippen LogP contribution in [0, 0.1) is 17.6 Å². The Morgan fingerprint density at radius 3 is 2.53 bits per heavy atom. The molecule has 1 saturated heterocycles. The van der Waals surface area contributed by atoms with E-state index >= 15 is 0 Å². The lowest BCUT2D eigenvalue weighted by Gasteiger charge is -2.16. The average molecular weight is 237 g/mol. The fraction of sp³-hybridized carbons (Fsp3) is 0.308. The van der Waals surface area contributed by atoms with E-state index in [1.807, 2.05) is 0 Å². The summed E-state index contributed by atoms with van der Waals surface area (Å²) in [5.74, 6) is -1.10. The first-order chi connectivity index (χ1) is 8.08. The van der Waals surface area contributed by atoms with E-state index in [-0.39, 0.29) is 18.4 Å². The van der Waals surface area contributed by atoms with Crippen LogP contribution in [0.15, 0.2) is 30.9 Å². The van der Waals surface area contributed by atoms with Crippen LogP contribution in [0.5, 0.6) is 0 Å². The van der Waals surface area contributed by atoms with E-state index in [2.05, 4.69) is 6.58 Å². The summed E-state index contributed by atoms with van der Waals surface area (Å²) in [7, 11) is 0. The highest BCUT2D eigenvalue weighted by Gasteiger charge is 2.27. The molecule has 0 aromatic heterocycles. The van der Waals surface area contributed by atoms with E-state index in [1.54, 1.807) is 11.0 Å². The molecule has 1 aromatic carbocycles. The van der Waals surface area contributed by atoms with Crippen molar-refractivity contribution >= 4 is 5.91 Å². The minimum Gasteiger partial charge on any atom is -0.338 e. The summed E-state index contributed by atoms with van der Waals surface area (Å²) in [6.07, 6.45) is 2.17. The number of rotatable bonds is 3. The molecule has 0 N–H and O–H groups in total. The first-order valence-electron chi connectivity index (χ1n) is 5.44. The summed E-state index contributed by atoms with van der Waals surface area (Å²) >= 11 is 0. The molecule has 0 saturated carbocycles. The number of amides is 1. The molecule has 1 unspecified atom stereocenters. The molecule has 0 bridgehead atoms. The number of benzene rings is 1. The van der Waals surface area contributed by atoms with E-state index in [4.69, 9.17) is 0 Å². The van der Waals surface area contributed by atoms with Crippen LogP contribution in [0.3, 0.4) is 0 Å². The Kier molecular flexibility index (Phi) is 3.22. The molecule has 0 spiro atoms. The topological polar surface area (TPSA) is 20.3 Å². The normalized spacial score (nSPS) is 19.8. The second kappa shape index (κ2) is 4.65. The molecule has 2 rings (SSSR count). The summed E-state index contributed by atoms with van der Waals surface area (Å²) in [4.78, 5) is 13.2. The van der Waals surface area contributed by atoms with Gasteiger partial charge in [0.15, 0.2) is 0 Å². The molecular weight excluding hydrogens is 224 g/mol. The quantitative estimate of drug-likeness (QED) is 0.740. The number of halogens is 2. The van der Waals surface area contributed by atoms with Gasteiger partial charge in [-0.05, 0) is 17.7 Å². The van der Waals surface area contributed by atoms with Crippen molar-refractivity contribution in [1.29, 1.82) is 0 Å². The van der Waals surface area contributed by atoms with Gasteiger partial charge in [0, 0.05) is 31.5 Å². The van der Waals surface area contributed by atoms with Crippen molar-refractivity contribution in [2.45, 2.75) is 13.0 Å². The first-order valence-corrected chi connectivity index (χ1v) is 5.44. The SMILES string of the molecule is C=CC1CC(=O)N(Cc2cc(F)cc(F)c2)C1. The van der Waals surface area contributed by atoms with E-state index in [9.17, 15) is 13.6 Å².